The minimum Gasteiger partial charge on any atom is -0.453 e. The highest BCUT2D eigenvalue weighted by Gasteiger charge is 2.18. The molecular weight excluding hydrogens is 344 g/mol. The second-order valence-electron chi connectivity index (χ2n) is 5.58. The van der Waals surface area contributed by atoms with Crippen LogP contribution in [-0.2, 0) is 14.3 Å². The Labute approximate surface area is 144 Å². The van der Waals surface area contributed by atoms with E-state index < -0.39 is 24.6 Å². The number of ether oxygens (including phenoxy) is 2. The highest BCUT2D eigenvalue weighted by atomic mass is 35.5. The van der Waals surface area contributed by atoms with E-state index >= 15 is 0 Å². The standard InChI is InChI=1S/C16H20ClF2NO4/c1-9(2)4-7-14(21)23-10(3)15(22)20-11-5-6-13(12(17)8-11)24-16(18)19/h5-6,8-10,16H,4,7H2,1-3H3,(H,20,22). The van der Waals surface area contributed by atoms with Crippen LogP contribution in [0.3, 0.4) is 0 Å². The fourth-order valence-corrected chi connectivity index (χ4v) is 1.96. The van der Waals surface area contributed by atoms with Gasteiger partial charge in [-0.15, -0.1) is 0 Å². The molecule has 1 rings (SSSR count). The maximum Gasteiger partial charge on any atom is 0.387 e. The highest BCUT2D eigenvalue weighted by Crippen LogP contribution is 2.29. The number of benzene rings is 1. The molecule has 0 saturated heterocycles. The molecule has 0 bridgehead atoms. The third-order valence-electron chi connectivity index (χ3n) is 3.02. The first-order valence-electron chi connectivity index (χ1n) is 7.43. The van der Waals surface area contributed by atoms with E-state index in [2.05, 4.69) is 10.1 Å². The van der Waals surface area contributed by atoms with Gasteiger partial charge in [-0.2, -0.15) is 8.78 Å². The molecule has 5 nitrogen and oxygen atoms in total. The maximum absolute atomic E-state index is 12.2. The van der Waals surface area contributed by atoms with Crippen molar-refractivity contribution in [3.05, 3.63) is 23.2 Å². The molecule has 0 aliphatic rings. The van der Waals surface area contributed by atoms with Gasteiger partial charge in [0.25, 0.3) is 5.91 Å². The van der Waals surface area contributed by atoms with Gasteiger partial charge in [0, 0.05) is 12.1 Å². The summed E-state index contributed by atoms with van der Waals surface area (Å²) in [5, 5.41) is 2.42. The number of nitrogens with one attached hydrogen (secondary N) is 1. The van der Waals surface area contributed by atoms with Crippen LogP contribution in [0.1, 0.15) is 33.6 Å². The smallest absolute Gasteiger partial charge is 0.387 e. The third-order valence-corrected chi connectivity index (χ3v) is 3.31. The van der Waals surface area contributed by atoms with Crippen molar-refractivity contribution in [2.75, 3.05) is 5.32 Å². The Morgan fingerprint density at radius 2 is 1.92 bits per heavy atom. The van der Waals surface area contributed by atoms with Crippen LogP contribution in [0.5, 0.6) is 5.75 Å². The lowest BCUT2D eigenvalue weighted by molar-refractivity contribution is -0.153. The Hall–Kier alpha value is -1.89. The fraction of sp³-hybridized carbons (Fsp3) is 0.500. The van der Waals surface area contributed by atoms with Gasteiger partial charge in [-0.3, -0.25) is 9.59 Å². The first kappa shape index (κ1) is 20.2. The summed E-state index contributed by atoms with van der Waals surface area (Å²) in [5.41, 5.74) is 0.275. The molecule has 1 aromatic carbocycles. The molecule has 8 heteroatoms. The Morgan fingerprint density at radius 3 is 2.46 bits per heavy atom. The molecule has 1 N–H and O–H groups in total. The van der Waals surface area contributed by atoms with Crippen molar-refractivity contribution in [2.45, 2.75) is 46.3 Å². The van der Waals surface area contributed by atoms with Crippen molar-refractivity contribution in [2.24, 2.45) is 5.92 Å². The second-order valence-corrected chi connectivity index (χ2v) is 5.98. The predicted molar refractivity (Wildman–Crippen MR) is 86.3 cm³/mol. The molecule has 0 radical (unpaired) electrons. The molecule has 0 saturated carbocycles. The molecule has 0 fully saturated rings. The first-order valence-corrected chi connectivity index (χ1v) is 7.81. The van der Waals surface area contributed by atoms with Crippen LogP contribution in [0, 0.1) is 5.92 Å². The van der Waals surface area contributed by atoms with Crippen molar-refractivity contribution in [1.82, 2.24) is 0 Å². The van der Waals surface area contributed by atoms with Crippen molar-refractivity contribution in [3.63, 3.8) is 0 Å². The van der Waals surface area contributed by atoms with E-state index in [0.29, 0.717) is 12.3 Å². The average molecular weight is 364 g/mol. The summed E-state index contributed by atoms with van der Waals surface area (Å²) in [6.45, 7) is 2.41. The quantitative estimate of drug-likeness (QED) is 0.701. The van der Waals surface area contributed by atoms with Crippen LogP contribution in [-0.4, -0.2) is 24.6 Å². The number of hydrogen-bond acceptors (Lipinski definition) is 4. The number of amides is 1. The number of anilines is 1. The van der Waals surface area contributed by atoms with Crippen molar-refractivity contribution >= 4 is 29.2 Å². The zero-order valence-electron chi connectivity index (χ0n) is 13.6. The van der Waals surface area contributed by atoms with Crippen LogP contribution in [0.15, 0.2) is 18.2 Å². The number of carbonyl (C=O) groups is 2. The lowest BCUT2D eigenvalue weighted by atomic mass is 10.1. The number of esters is 1. The van der Waals surface area contributed by atoms with Crippen LogP contribution >= 0.6 is 11.6 Å². The van der Waals surface area contributed by atoms with E-state index in [-0.39, 0.29) is 22.9 Å². The molecule has 1 aromatic rings. The maximum atomic E-state index is 12.2. The number of alkyl halides is 2. The van der Waals surface area contributed by atoms with Crippen LogP contribution < -0.4 is 10.1 Å². The Morgan fingerprint density at radius 1 is 1.25 bits per heavy atom. The fourth-order valence-electron chi connectivity index (χ4n) is 1.73. The van der Waals surface area contributed by atoms with Gasteiger partial charge in [-0.1, -0.05) is 25.4 Å². The molecule has 0 heterocycles. The van der Waals surface area contributed by atoms with Gasteiger partial charge in [-0.05, 0) is 37.5 Å². The van der Waals surface area contributed by atoms with Gasteiger partial charge < -0.3 is 14.8 Å². The van der Waals surface area contributed by atoms with Crippen molar-refractivity contribution in [1.29, 1.82) is 0 Å². The van der Waals surface area contributed by atoms with E-state index in [1.807, 2.05) is 13.8 Å². The molecule has 1 unspecified atom stereocenters. The predicted octanol–water partition coefficient (Wildman–Crippen LogP) is 4.25. The molecule has 0 aliphatic carbocycles. The molecular formula is C16H20ClF2NO4. The summed E-state index contributed by atoms with van der Waals surface area (Å²) in [6, 6.07) is 3.84. The molecule has 0 spiro atoms. The number of hydrogen-bond donors (Lipinski definition) is 1. The van der Waals surface area contributed by atoms with E-state index in [1.165, 1.54) is 25.1 Å². The third kappa shape index (κ3) is 7.12. The molecule has 24 heavy (non-hydrogen) atoms. The van der Waals surface area contributed by atoms with Crippen LogP contribution in [0.4, 0.5) is 14.5 Å². The monoisotopic (exact) mass is 363 g/mol. The molecule has 0 aromatic heterocycles. The van der Waals surface area contributed by atoms with Crippen molar-refractivity contribution < 1.29 is 27.8 Å². The average Bonchev–Trinajstić information content (AvgIpc) is 2.47. The Kier molecular flexibility index (Phi) is 7.91. The van der Waals surface area contributed by atoms with E-state index in [1.54, 1.807) is 0 Å². The molecule has 1 atom stereocenters. The summed E-state index contributed by atoms with van der Waals surface area (Å²) >= 11 is 5.80. The number of rotatable bonds is 8. The van der Waals surface area contributed by atoms with Gasteiger partial charge in [0.15, 0.2) is 6.10 Å². The number of halogens is 3. The van der Waals surface area contributed by atoms with E-state index in [9.17, 15) is 18.4 Å². The second kappa shape index (κ2) is 9.42. The number of carbonyl (C=O) groups excluding carboxylic acids is 2. The largest absolute Gasteiger partial charge is 0.453 e. The van der Waals surface area contributed by atoms with E-state index in [4.69, 9.17) is 16.3 Å². The summed E-state index contributed by atoms with van der Waals surface area (Å²) in [7, 11) is 0. The summed E-state index contributed by atoms with van der Waals surface area (Å²) in [5.74, 6) is -0.841. The van der Waals surface area contributed by atoms with Gasteiger partial charge in [0.05, 0.1) is 5.02 Å². The van der Waals surface area contributed by atoms with Crippen LogP contribution in [0.2, 0.25) is 5.02 Å². The molecule has 1 amide bonds. The topological polar surface area (TPSA) is 64.6 Å². The minimum absolute atomic E-state index is 0.0744. The van der Waals surface area contributed by atoms with Gasteiger partial charge in [-0.25, -0.2) is 0 Å². The van der Waals surface area contributed by atoms with Gasteiger partial charge in [0.2, 0.25) is 0 Å². The molecule has 0 aliphatic heterocycles. The summed E-state index contributed by atoms with van der Waals surface area (Å²) < 4.78 is 33.5. The van der Waals surface area contributed by atoms with E-state index in [0.717, 1.165) is 0 Å². The first-order chi connectivity index (χ1) is 11.2. The lowest BCUT2D eigenvalue weighted by Crippen LogP contribution is -2.30. The van der Waals surface area contributed by atoms with Crippen LogP contribution in [0.25, 0.3) is 0 Å². The zero-order chi connectivity index (χ0) is 18.3. The normalized spacial score (nSPS) is 12.2. The highest BCUT2D eigenvalue weighted by molar-refractivity contribution is 6.32. The molecule has 134 valence electrons. The Bertz CT molecular complexity index is 581. The van der Waals surface area contributed by atoms with Gasteiger partial charge in [0.1, 0.15) is 5.75 Å². The Balaban J connectivity index is 2.57. The summed E-state index contributed by atoms with van der Waals surface area (Å²) in [6.07, 6.45) is -0.0739. The summed E-state index contributed by atoms with van der Waals surface area (Å²) in [4.78, 5) is 23.6. The SMILES string of the molecule is CC(C)CCC(=O)OC(C)C(=O)Nc1ccc(OC(F)F)c(Cl)c1. The van der Waals surface area contributed by atoms with Crippen molar-refractivity contribution in [3.8, 4) is 5.75 Å². The lowest BCUT2D eigenvalue weighted by Gasteiger charge is -2.14. The minimum atomic E-state index is -2.99. The zero-order valence-corrected chi connectivity index (χ0v) is 14.4. The van der Waals surface area contributed by atoms with Gasteiger partial charge >= 0.3 is 12.6 Å².